The molecule has 1 fully saturated rings. The molecule has 0 spiro atoms. The fourth-order valence-electron chi connectivity index (χ4n) is 3.55. The van der Waals surface area contributed by atoms with Gasteiger partial charge in [0.05, 0.1) is 18.9 Å². The maximum absolute atomic E-state index is 13.2. The van der Waals surface area contributed by atoms with Crippen LogP contribution in [-0.4, -0.2) is 42.4 Å². The number of carbonyl (C=O) groups is 1. The van der Waals surface area contributed by atoms with Gasteiger partial charge in [0.15, 0.2) is 0 Å². The van der Waals surface area contributed by atoms with Gasteiger partial charge >= 0.3 is 12.1 Å². The number of hydrogen-bond acceptors (Lipinski definition) is 3. The van der Waals surface area contributed by atoms with Crippen LogP contribution in [-0.2, 0) is 11.3 Å². The SMILES string of the molecule is COc1ccc(-c2ccccc2)cc1CN1C[C@@H](C(F)(F)F)[C@H](C(=O)O)C1. The predicted octanol–water partition coefficient (Wildman–Crippen LogP) is 4.06. The summed E-state index contributed by atoms with van der Waals surface area (Å²) in [6.45, 7) is -0.280. The Kier molecular flexibility index (Phi) is 5.41. The van der Waals surface area contributed by atoms with Crippen LogP contribution in [0.25, 0.3) is 11.1 Å². The topological polar surface area (TPSA) is 49.8 Å². The highest BCUT2D eigenvalue weighted by atomic mass is 19.4. The Bertz CT molecular complexity index is 808. The Morgan fingerprint density at radius 3 is 2.41 bits per heavy atom. The number of carboxylic acid groups (broad SMARTS) is 1. The zero-order valence-electron chi connectivity index (χ0n) is 14.7. The van der Waals surface area contributed by atoms with E-state index in [4.69, 9.17) is 4.74 Å². The molecule has 3 rings (SSSR count). The van der Waals surface area contributed by atoms with E-state index in [0.29, 0.717) is 5.75 Å². The Morgan fingerprint density at radius 1 is 1.15 bits per heavy atom. The van der Waals surface area contributed by atoms with Crippen LogP contribution < -0.4 is 4.74 Å². The van der Waals surface area contributed by atoms with Gasteiger partial charge in [-0.2, -0.15) is 13.2 Å². The number of alkyl halides is 3. The van der Waals surface area contributed by atoms with Crippen LogP contribution in [0.1, 0.15) is 5.56 Å². The van der Waals surface area contributed by atoms with E-state index in [9.17, 15) is 23.1 Å². The molecule has 0 aromatic heterocycles. The zero-order chi connectivity index (χ0) is 19.6. The van der Waals surface area contributed by atoms with Gasteiger partial charge in [-0.1, -0.05) is 36.4 Å². The molecule has 0 saturated carbocycles. The summed E-state index contributed by atoms with van der Waals surface area (Å²) < 4.78 is 44.9. The third-order valence-corrected chi connectivity index (χ3v) is 4.91. The van der Waals surface area contributed by atoms with Gasteiger partial charge in [0.25, 0.3) is 0 Å². The maximum atomic E-state index is 13.2. The highest BCUT2D eigenvalue weighted by Gasteiger charge is 2.52. The van der Waals surface area contributed by atoms with Crippen LogP contribution in [0, 0.1) is 11.8 Å². The average molecular weight is 379 g/mol. The van der Waals surface area contributed by atoms with E-state index >= 15 is 0 Å². The minimum absolute atomic E-state index is 0.141. The number of likely N-dealkylation sites (tertiary alicyclic amines) is 1. The lowest BCUT2D eigenvalue weighted by Gasteiger charge is -2.19. The maximum Gasteiger partial charge on any atom is 0.393 e. The van der Waals surface area contributed by atoms with E-state index < -0.39 is 24.0 Å². The highest BCUT2D eigenvalue weighted by molar-refractivity contribution is 5.71. The molecule has 1 aliphatic heterocycles. The molecule has 0 bridgehead atoms. The lowest BCUT2D eigenvalue weighted by Crippen LogP contribution is -2.33. The van der Waals surface area contributed by atoms with E-state index in [2.05, 4.69) is 0 Å². The summed E-state index contributed by atoms with van der Waals surface area (Å²) in [5.74, 6) is -4.16. The molecule has 2 aromatic carbocycles. The molecule has 0 unspecified atom stereocenters. The van der Waals surface area contributed by atoms with Gasteiger partial charge < -0.3 is 9.84 Å². The molecular formula is C20H20F3NO3. The van der Waals surface area contributed by atoms with Crippen LogP contribution in [0.5, 0.6) is 5.75 Å². The van der Waals surface area contributed by atoms with E-state index in [1.165, 1.54) is 12.0 Å². The molecule has 2 aromatic rings. The third-order valence-electron chi connectivity index (χ3n) is 4.91. The Hall–Kier alpha value is -2.54. The molecule has 1 N–H and O–H groups in total. The van der Waals surface area contributed by atoms with Gasteiger partial charge in [0.1, 0.15) is 5.75 Å². The number of rotatable bonds is 5. The standard InChI is InChI=1S/C20H20F3NO3/c1-27-18-8-7-14(13-5-3-2-4-6-13)9-15(18)10-24-11-16(19(25)26)17(12-24)20(21,22)23/h2-9,16-17H,10-12H2,1H3,(H,25,26)/t16-,17-/m1/s1. The fourth-order valence-corrected chi connectivity index (χ4v) is 3.55. The van der Waals surface area contributed by atoms with Crippen molar-refractivity contribution >= 4 is 5.97 Å². The third kappa shape index (κ3) is 4.24. The molecule has 0 amide bonds. The van der Waals surface area contributed by atoms with Crippen molar-refractivity contribution in [2.45, 2.75) is 12.7 Å². The molecule has 0 radical (unpaired) electrons. The number of halogens is 3. The highest BCUT2D eigenvalue weighted by Crippen LogP contribution is 2.39. The van der Waals surface area contributed by atoms with Gasteiger partial charge in [0, 0.05) is 25.2 Å². The summed E-state index contributed by atoms with van der Waals surface area (Å²) in [7, 11) is 1.50. The fraction of sp³-hybridized carbons (Fsp3) is 0.350. The molecular weight excluding hydrogens is 359 g/mol. The monoisotopic (exact) mass is 379 g/mol. The largest absolute Gasteiger partial charge is 0.496 e. The second-order valence-corrected chi connectivity index (χ2v) is 6.68. The lowest BCUT2D eigenvalue weighted by molar-refractivity contribution is -0.188. The Balaban J connectivity index is 1.85. The summed E-state index contributed by atoms with van der Waals surface area (Å²) in [6, 6.07) is 15.2. The first-order valence-electron chi connectivity index (χ1n) is 8.54. The number of hydrogen-bond donors (Lipinski definition) is 1. The van der Waals surface area contributed by atoms with Crippen LogP contribution in [0.2, 0.25) is 0 Å². The molecule has 2 atom stereocenters. The summed E-state index contributed by atoms with van der Waals surface area (Å²) in [4.78, 5) is 12.8. The zero-order valence-corrected chi connectivity index (χ0v) is 14.7. The van der Waals surface area contributed by atoms with Crippen molar-refractivity contribution in [2.24, 2.45) is 11.8 Å². The molecule has 1 heterocycles. The smallest absolute Gasteiger partial charge is 0.393 e. The molecule has 1 saturated heterocycles. The normalized spacial score (nSPS) is 20.6. The van der Waals surface area contributed by atoms with Crippen molar-refractivity contribution in [2.75, 3.05) is 20.2 Å². The average Bonchev–Trinajstić information content (AvgIpc) is 3.07. The summed E-state index contributed by atoms with van der Waals surface area (Å²) in [5.41, 5.74) is 2.64. The van der Waals surface area contributed by atoms with Crippen molar-refractivity contribution in [1.29, 1.82) is 0 Å². The minimum Gasteiger partial charge on any atom is -0.496 e. The van der Waals surface area contributed by atoms with Gasteiger partial charge in [-0.15, -0.1) is 0 Å². The second-order valence-electron chi connectivity index (χ2n) is 6.68. The number of carboxylic acids is 1. The number of benzene rings is 2. The molecule has 4 nitrogen and oxygen atoms in total. The van der Waals surface area contributed by atoms with Gasteiger partial charge in [0.2, 0.25) is 0 Å². The van der Waals surface area contributed by atoms with E-state index in [-0.39, 0.29) is 19.6 Å². The predicted molar refractivity (Wildman–Crippen MR) is 94.4 cm³/mol. The van der Waals surface area contributed by atoms with Crippen molar-refractivity contribution in [3.8, 4) is 16.9 Å². The van der Waals surface area contributed by atoms with Crippen molar-refractivity contribution in [3.63, 3.8) is 0 Å². The Morgan fingerprint density at radius 2 is 1.85 bits per heavy atom. The van der Waals surface area contributed by atoms with Gasteiger partial charge in [-0.25, -0.2) is 0 Å². The minimum atomic E-state index is -4.53. The van der Waals surface area contributed by atoms with Crippen LogP contribution in [0.15, 0.2) is 48.5 Å². The van der Waals surface area contributed by atoms with Crippen LogP contribution in [0.3, 0.4) is 0 Å². The first-order chi connectivity index (χ1) is 12.8. The Labute approximate surface area is 155 Å². The van der Waals surface area contributed by atoms with Crippen LogP contribution >= 0.6 is 0 Å². The molecule has 0 aliphatic carbocycles. The molecule has 7 heteroatoms. The summed E-state index contributed by atoms with van der Waals surface area (Å²) in [6.07, 6.45) is -4.53. The molecule has 144 valence electrons. The number of aliphatic carboxylic acids is 1. The van der Waals surface area contributed by atoms with Crippen LogP contribution in [0.4, 0.5) is 13.2 Å². The lowest BCUT2D eigenvalue weighted by atomic mass is 9.96. The number of nitrogens with zero attached hydrogens (tertiary/aromatic N) is 1. The van der Waals surface area contributed by atoms with Crippen molar-refractivity contribution in [1.82, 2.24) is 4.90 Å². The number of ether oxygens (including phenoxy) is 1. The van der Waals surface area contributed by atoms with Gasteiger partial charge in [-0.05, 0) is 23.3 Å². The first-order valence-corrected chi connectivity index (χ1v) is 8.54. The van der Waals surface area contributed by atoms with Crippen molar-refractivity contribution < 1.29 is 27.8 Å². The van der Waals surface area contributed by atoms with E-state index in [0.717, 1.165) is 16.7 Å². The van der Waals surface area contributed by atoms with Gasteiger partial charge in [-0.3, -0.25) is 9.69 Å². The van der Waals surface area contributed by atoms with Crippen molar-refractivity contribution in [3.05, 3.63) is 54.1 Å². The first kappa shape index (κ1) is 19.2. The molecule has 1 aliphatic rings. The van der Waals surface area contributed by atoms with E-state index in [1.54, 1.807) is 6.07 Å². The van der Waals surface area contributed by atoms with E-state index in [1.807, 2.05) is 42.5 Å². The summed E-state index contributed by atoms with van der Waals surface area (Å²) >= 11 is 0. The molecule has 27 heavy (non-hydrogen) atoms. The second kappa shape index (κ2) is 7.60. The summed E-state index contributed by atoms with van der Waals surface area (Å²) in [5, 5.41) is 9.17. The number of methoxy groups -OCH3 is 1. The quantitative estimate of drug-likeness (QED) is 0.851.